The first kappa shape index (κ1) is 24.5. The van der Waals surface area contributed by atoms with Gasteiger partial charge in [0.15, 0.2) is 5.16 Å². The maximum atomic E-state index is 13.3. The van der Waals surface area contributed by atoms with Gasteiger partial charge in [-0.3, -0.25) is 9.78 Å². The summed E-state index contributed by atoms with van der Waals surface area (Å²) in [6, 6.07) is 16.6. The smallest absolute Gasteiger partial charge is 0.251 e. The fraction of sp³-hybridized carbons (Fsp3) is 0.345. The monoisotopic (exact) mass is 502 g/mol. The van der Waals surface area contributed by atoms with Crippen molar-refractivity contribution in [2.75, 3.05) is 0 Å². The molecular weight excluding hydrogens is 471 g/mol. The minimum Gasteiger partial charge on any atom is -0.349 e. The number of nitrogens with one attached hydrogen (secondary N) is 1. The SMILES string of the molecule is C[C@H]1[C@H](C)CCC[C@@H]1NC(=O)c1ccc(Cn2c(SCc3ccc(F)cc3)nc3ccncc32)cc1. The van der Waals surface area contributed by atoms with Crippen LogP contribution in [0, 0.1) is 17.7 Å². The highest BCUT2D eigenvalue weighted by Crippen LogP contribution is 2.30. The van der Waals surface area contributed by atoms with E-state index in [0.717, 1.165) is 33.7 Å². The average molecular weight is 503 g/mol. The fourth-order valence-corrected chi connectivity index (χ4v) is 5.89. The van der Waals surface area contributed by atoms with Crippen molar-refractivity contribution < 1.29 is 9.18 Å². The Balaban J connectivity index is 1.31. The summed E-state index contributed by atoms with van der Waals surface area (Å²) >= 11 is 1.62. The number of aromatic nitrogens is 3. The van der Waals surface area contributed by atoms with Gasteiger partial charge in [0, 0.05) is 23.6 Å². The van der Waals surface area contributed by atoms with Crippen molar-refractivity contribution in [1.82, 2.24) is 19.9 Å². The first-order valence-electron chi connectivity index (χ1n) is 12.6. The van der Waals surface area contributed by atoms with Gasteiger partial charge in [0.25, 0.3) is 5.91 Å². The van der Waals surface area contributed by atoms with Crippen LogP contribution in [0.25, 0.3) is 11.0 Å². The third-order valence-corrected chi connectivity index (χ3v) is 8.42. The van der Waals surface area contributed by atoms with E-state index < -0.39 is 0 Å². The van der Waals surface area contributed by atoms with Crippen LogP contribution in [0.1, 0.15) is 54.6 Å². The fourth-order valence-electron chi connectivity index (χ4n) is 4.92. The lowest BCUT2D eigenvalue weighted by Gasteiger charge is -2.34. The second-order valence-corrected chi connectivity index (χ2v) is 10.7. The Morgan fingerprint density at radius 2 is 1.81 bits per heavy atom. The van der Waals surface area contributed by atoms with Gasteiger partial charge in [0.1, 0.15) is 5.82 Å². The molecule has 7 heteroatoms. The Hall–Kier alpha value is -3.19. The van der Waals surface area contributed by atoms with Crippen LogP contribution >= 0.6 is 11.8 Å². The lowest BCUT2D eigenvalue weighted by Crippen LogP contribution is -2.43. The molecule has 0 radical (unpaired) electrons. The number of carbonyl (C=O) groups is 1. The summed E-state index contributed by atoms with van der Waals surface area (Å²) < 4.78 is 15.4. The van der Waals surface area contributed by atoms with E-state index in [1.54, 1.807) is 30.1 Å². The molecule has 186 valence electrons. The van der Waals surface area contributed by atoms with E-state index in [0.29, 0.717) is 29.7 Å². The summed E-state index contributed by atoms with van der Waals surface area (Å²) in [6.45, 7) is 5.14. The molecule has 5 rings (SSSR count). The molecule has 0 saturated heterocycles. The van der Waals surface area contributed by atoms with Crippen molar-refractivity contribution in [2.45, 2.75) is 56.6 Å². The minimum absolute atomic E-state index is 0.000299. The van der Waals surface area contributed by atoms with Crippen LogP contribution in [0.4, 0.5) is 4.39 Å². The van der Waals surface area contributed by atoms with Crippen LogP contribution in [0.5, 0.6) is 0 Å². The van der Waals surface area contributed by atoms with Crippen LogP contribution in [0.3, 0.4) is 0 Å². The molecule has 36 heavy (non-hydrogen) atoms. The van der Waals surface area contributed by atoms with E-state index >= 15 is 0 Å². The molecule has 1 aliphatic rings. The number of halogens is 1. The molecule has 1 saturated carbocycles. The molecule has 1 amide bonds. The summed E-state index contributed by atoms with van der Waals surface area (Å²) in [5, 5.41) is 4.14. The van der Waals surface area contributed by atoms with Crippen LogP contribution < -0.4 is 5.32 Å². The molecule has 1 aliphatic carbocycles. The van der Waals surface area contributed by atoms with Crippen molar-refractivity contribution in [3.63, 3.8) is 0 Å². The van der Waals surface area contributed by atoms with Gasteiger partial charge in [0.2, 0.25) is 0 Å². The van der Waals surface area contributed by atoms with E-state index in [4.69, 9.17) is 4.98 Å². The highest BCUT2D eigenvalue weighted by Gasteiger charge is 2.28. The molecule has 0 aliphatic heterocycles. The number of carbonyl (C=O) groups excluding carboxylic acids is 1. The van der Waals surface area contributed by atoms with Crippen molar-refractivity contribution in [1.29, 1.82) is 0 Å². The number of nitrogens with zero attached hydrogens (tertiary/aromatic N) is 3. The zero-order chi connectivity index (χ0) is 25.1. The summed E-state index contributed by atoms with van der Waals surface area (Å²) in [5.41, 5.74) is 4.65. The van der Waals surface area contributed by atoms with Gasteiger partial charge in [0.05, 0.1) is 23.8 Å². The summed E-state index contributed by atoms with van der Waals surface area (Å²) in [4.78, 5) is 22.0. The quantitative estimate of drug-likeness (QED) is 0.295. The molecule has 3 atom stereocenters. The third-order valence-electron chi connectivity index (χ3n) is 7.38. The number of hydrogen-bond acceptors (Lipinski definition) is 4. The molecule has 0 unspecified atom stereocenters. The van der Waals surface area contributed by atoms with Crippen LogP contribution in [0.15, 0.2) is 72.1 Å². The van der Waals surface area contributed by atoms with Crippen LogP contribution in [-0.2, 0) is 12.3 Å². The van der Waals surface area contributed by atoms with Crippen molar-refractivity contribution in [2.24, 2.45) is 11.8 Å². The van der Waals surface area contributed by atoms with Gasteiger partial charge < -0.3 is 9.88 Å². The number of rotatable bonds is 7. The molecule has 1 N–H and O–H groups in total. The first-order chi connectivity index (χ1) is 17.5. The predicted molar refractivity (Wildman–Crippen MR) is 142 cm³/mol. The predicted octanol–water partition coefficient (Wildman–Crippen LogP) is 6.47. The van der Waals surface area contributed by atoms with E-state index in [1.807, 2.05) is 36.5 Å². The molecule has 5 nitrogen and oxygen atoms in total. The standard InChI is InChI=1S/C29H31FN4OS/c1-19-4-3-5-25(20(19)2)32-28(35)23-10-6-21(7-11-23)17-34-27-16-31-15-14-26(27)33-29(34)36-18-22-8-12-24(30)13-9-22/h6-16,19-20,25H,3-5,17-18H2,1-2H3,(H,32,35)/t19-,20+,25+/m1/s1. The van der Waals surface area contributed by atoms with Crippen LogP contribution in [0.2, 0.25) is 0 Å². The maximum Gasteiger partial charge on any atom is 0.251 e. The number of thioether (sulfide) groups is 1. The van der Waals surface area contributed by atoms with E-state index in [-0.39, 0.29) is 17.8 Å². The first-order valence-corrected chi connectivity index (χ1v) is 13.5. The van der Waals surface area contributed by atoms with Gasteiger partial charge in [-0.05, 0) is 59.7 Å². The summed E-state index contributed by atoms with van der Waals surface area (Å²) in [5.74, 6) is 1.59. The lowest BCUT2D eigenvalue weighted by molar-refractivity contribution is 0.0891. The van der Waals surface area contributed by atoms with Crippen LogP contribution in [-0.4, -0.2) is 26.5 Å². The van der Waals surface area contributed by atoms with Gasteiger partial charge in [-0.15, -0.1) is 0 Å². The van der Waals surface area contributed by atoms with Gasteiger partial charge in [-0.1, -0.05) is 62.7 Å². The number of benzene rings is 2. The minimum atomic E-state index is -0.234. The Kier molecular flexibility index (Phi) is 7.37. The molecule has 4 aromatic rings. The topological polar surface area (TPSA) is 59.8 Å². The van der Waals surface area contributed by atoms with Gasteiger partial charge in [-0.2, -0.15) is 0 Å². The van der Waals surface area contributed by atoms with E-state index in [1.165, 1.54) is 25.0 Å². The van der Waals surface area contributed by atoms with Crippen molar-refractivity contribution >= 4 is 28.7 Å². The second kappa shape index (κ2) is 10.8. The number of hydrogen-bond donors (Lipinski definition) is 1. The molecule has 1 fully saturated rings. The number of imidazole rings is 1. The van der Waals surface area contributed by atoms with Gasteiger partial charge >= 0.3 is 0 Å². The number of amides is 1. The lowest BCUT2D eigenvalue weighted by atomic mass is 9.78. The number of fused-ring (bicyclic) bond motifs is 1. The summed E-state index contributed by atoms with van der Waals surface area (Å²) in [6.07, 6.45) is 7.04. The Bertz CT molecular complexity index is 1340. The number of pyridine rings is 1. The highest BCUT2D eigenvalue weighted by atomic mass is 32.2. The molecule has 0 spiro atoms. The van der Waals surface area contributed by atoms with E-state index in [9.17, 15) is 9.18 Å². The summed E-state index contributed by atoms with van der Waals surface area (Å²) in [7, 11) is 0. The largest absolute Gasteiger partial charge is 0.349 e. The Morgan fingerprint density at radius 3 is 2.58 bits per heavy atom. The zero-order valence-corrected chi connectivity index (χ0v) is 21.5. The Labute approximate surface area is 215 Å². The molecule has 0 bridgehead atoms. The van der Waals surface area contributed by atoms with E-state index in [2.05, 4.69) is 28.7 Å². The zero-order valence-electron chi connectivity index (χ0n) is 20.7. The van der Waals surface area contributed by atoms with Gasteiger partial charge in [-0.25, -0.2) is 9.37 Å². The molecule has 2 aromatic heterocycles. The Morgan fingerprint density at radius 1 is 1.06 bits per heavy atom. The molecular formula is C29H31FN4OS. The highest BCUT2D eigenvalue weighted by molar-refractivity contribution is 7.98. The molecule has 2 aromatic carbocycles. The van der Waals surface area contributed by atoms with Crippen molar-refractivity contribution in [3.05, 3.63) is 89.5 Å². The van der Waals surface area contributed by atoms with Crippen molar-refractivity contribution in [3.8, 4) is 0 Å². The maximum absolute atomic E-state index is 13.3. The second-order valence-electron chi connectivity index (χ2n) is 9.80. The normalized spacial score (nSPS) is 19.9. The molecule has 2 heterocycles. The third kappa shape index (κ3) is 5.46. The average Bonchev–Trinajstić information content (AvgIpc) is 3.24.